The highest BCUT2D eigenvalue weighted by Gasteiger charge is 2.45. The molecule has 0 spiro atoms. The summed E-state index contributed by atoms with van der Waals surface area (Å²) in [5, 5.41) is 15.4. The van der Waals surface area contributed by atoms with Gasteiger partial charge < -0.3 is 29.2 Å². The second-order valence-corrected chi connectivity index (χ2v) is 13.2. The van der Waals surface area contributed by atoms with Crippen molar-refractivity contribution in [2.45, 2.75) is 52.1 Å². The van der Waals surface area contributed by atoms with E-state index in [0.29, 0.717) is 48.8 Å². The van der Waals surface area contributed by atoms with Crippen LogP contribution in [0.2, 0.25) is 0 Å². The topological polar surface area (TPSA) is 123 Å². The van der Waals surface area contributed by atoms with E-state index in [1.165, 1.54) is 0 Å². The molecule has 0 aliphatic carbocycles. The summed E-state index contributed by atoms with van der Waals surface area (Å²) in [7, 11) is 1.30. The lowest BCUT2D eigenvalue weighted by molar-refractivity contribution is -0.172. The Morgan fingerprint density at radius 1 is 1.26 bits per heavy atom. The maximum atomic E-state index is 13.5. The Labute approximate surface area is 227 Å². The van der Waals surface area contributed by atoms with Crippen molar-refractivity contribution >= 4 is 24.2 Å². The third-order valence-electron chi connectivity index (χ3n) is 7.49. The quantitative estimate of drug-likeness (QED) is 0.237. The predicted molar refractivity (Wildman–Crippen MR) is 149 cm³/mol. The van der Waals surface area contributed by atoms with E-state index >= 15 is 0 Å². The van der Waals surface area contributed by atoms with Crippen LogP contribution in [0.25, 0.3) is 22.3 Å². The lowest BCUT2D eigenvalue weighted by Crippen LogP contribution is -2.44. The summed E-state index contributed by atoms with van der Waals surface area (Å²) in [5.41, 5.74) is 3.60. The van der Waals surface area contributed by atoms with E-state index in [0.717, 1.165) is 27.6 Å². The Hall–Kier alpha value is -2.88. The van der Waals surface area contributed by atoms with E-state index in [-0.39, 0.29) is 24.9 Å². The standard InChI is InChI=1S/C28H35N4O6P/c1-6-28(35)22-11-24-25-18(13-32(24)26(33)21(22)15-37-27(28)34)10-19-20(14-31(3)4)17(8-9-23(19)30-25)12-29-16-39(5,36)38-7-2/h8-11,29,35H,6-7,12-16H2,1-5H3/t28-,39?/m0/s1. The zero-order chi connectivity index (χ0) is 28.1. The normalized spacial score (nSPS) is 19.5. The number of nitrogens with zero attached hydrogens (tertiary/aromatic N) is 3. The molecule has 0 saturated carbocycles. The van der Waals surface area contributed by atoms with Crippen molar-refractivity contribution < 1.29 is 23.7 Å². The molecule has 2 aliphatic rings. The third kappa shape index (κ3) is 4.85. The van der Waals surface area contributed by atoms with Crippen LogP contribution in [0.4, 0.5) is 0 Å². The molecule has 2 aliphatic heterocycles. The first kappa shape index (κ1) is 27.7. The van der Waals surface area contributed by atoms with Crippen molar-refractivity contribution in [3.05, 3.63) is 62.4 Å². The zero-order valence-electron chi connectivity index (χ0n) is 23.0. The molecule has 1 aromatic carbocycles. The van der Waals surface area contributed by atoms with Crippen molar-refractivity contribution in [3.63, 3.8) is 0 Å². The van der Waals surface area contributed by atoms with Crippen LogP contribution in [0.1, 0.15) is 48.1 Å². The minimum absolute atomic E-state index is 0.0997. The van der Waals surface area contributed by atoms with Gasteiger partial charge in [-0.15, -0.1) is 0 Å². The molecule has 4 heterocycles. The summed E-state index contributed by atoms with van der Waals surface area (Å²) < 4.78 is 24.7. The van der Waals surface area contributed by atoms with Crippen LogP contribution in [0, 0.1) is 0 Å². The number of cyclic esters (lactones) is 1. The molecule has 5 rings (SSSR count). The van der Waals surface area contributed by atoms with Crippen molar-refractivity contribution in [3.8, 4) is 11.4 Å². The maximum Gasteiger partial charge on any atom is 0.343 e. The first-order chi connectivity index (χ1) is 18.5. The first-order valence-corrected chi connectivity index (χ1v) is 15.4. The molecule has 208 valence electrons. The molecular weight excluding hydrogens is 519 g/mol. The fraction of sp³-hybridized carbons (Fsp3) is 0.464. The van der Waals surface area contributed by atoms with Gasteiger partial charge in [0.15, 0.2) is 5.60 Å². The van der Waals surface area contributed by atoms with Crippen molar-refractivity contribution in [2.75, 3.05) is 33.7 Å². The minimum atomic E-state index is -2.71. The Balaban J connectivity index is 1.58. The SMILES string of the molecule is CCOP(C)(=O)CNCc1ccc2nc3c(cc2c1CN(C)C)Cn1c-3cc2c(c1=O)COC(=O)[C@]2(O)CC. The Morgan fingerprint density at radius 2 is 2.03 bits per heavy atom. The second-order valence-electron chi connectivity index (χ2n) is 10.6. The van der Waals surface area contributed by atoms with Gasteiger partial charge in [0.05, 0.1) is 41.9 Å². The number of pyridine rings is 2. The molecular formula is C28H35N4O6P. The smallest absolute Gasteiger partial charge is 0.343 e. The van der Waals surface area contributed by atoms with Gasteiger partial charge in [0.25, 0.3) is 5.56 Å². The summed E-state index contributed by atoms with van der Waals surface area (Å²) >= 11 is 0. The zero-order valence-corrected chi connectivity index (χ0v) is 23.9. The highest BCUT2D eigenvalue weighted by Crippen LogP contribution is 2.41. The van der Waals surface area contributed by atoms with Crippen LogP contribution in [-0.2, 0) is 50.5 Å². The van der Waals surface area contributed by atoms with Gasteiger partial charge in [-0.3, -0.25) is 9.36 Å². The van der Waals surface area contributed by atoms with Gasteiger partial charge in [-0.05, 0) is 56.8 Å². The number of carbonyl (C=O) groups excluding carboxylic acids is 1. The highest BCUT2D eigenvalue weighted by molar-refractivity contribution is 7.58. The molecule has 2 aromatic heterocycles. The van der Waals surface area contributed by atoms with Gasteiger partial charge in [0, 0.05) is 36.3 Å². The lowest BCUT2D eigenvalue weighted by Gasteiger charge is -2.31. The number of ether oxygens (including phenoxy) is 1. The number of aromatic nitrogens is 2. The van der Waals surface area contributed by atoms with Crippen LogP contribution in [0.3, 0.4) is 0 Å². The van der Waals surface area contributed by atoms with Gasteiger partial charge >= 0.3 is 5.97 Å². The number of benzene rings is 1. The molecule has 39 heavy (non-hydrogen) atoms. The van der Waals surface area contributed by atoms with Crippen LogP contribution in [0.15, 0.2) is 29.1 Å². The predicted octanol–water partition coefficient (Wildman–Crippen LogP) is 3.13. The largest absolute Gasteiger partial charge is 0.458 e. The van der Waals surface area contributed by atoms with Crippen LogP contribution in [-0.4, -0.2) is 59.2 Å². The Morgan fingerprint density at radius 3 is 2.72 bits per heavy atom. The summed E-state index contributed by atoms with van der Waals surface area (Å²) in [6, 6.07) is 7.80. The van der Waals surface area contributed by atoms with Crippen LogP contribution < -0.4 is 10.9 Å². The number of fused-ring (bicyclic) bond motifs is 5. The monoisotopic (exact) mass is 554 g/mol. The third-order valence-corrected chi connectivity index (χ3v) is 9.09. The van der Waals surface area contributed by atoms with E-state index < -0.39 is 18.9 Å². The van der Waals surface area contributed by atoms with Crippen LogP contribution in [0.5, 0.6) is 0 Å². The van der Waals surface area contributed by atoms with Crippen molar-refractivity contribution in [2.24, 2.45) is 0 Å². The van der Waals surface area contributed by atoms with E-state index in [1.807, 2.05) is 33.2 Å². The number of aliphatic hydroxyl groups is 1. The number of rotatable bonds is 9. The molecule has 0 amide bonds. The molecule has 2 atom stereocenters. The second kappa shape index (κ2) is 10.3. The summed E-state index contributed by atoms with van der Waals surface area (Å²) in [4.78, 5) is 33.0. The molecule has 1 unspecified atom stereocenters. The number of hydrogen-bond donors (Lipinski definition) is 2. The Bertz CT molecular complexity index is 1580. The van der Waals surface area contributed by atoms with E-state index in [1.54, 1.807) is 24.2 Å². The van der Waals surface area contributed by atoms with Gasteiger partial charge in [-0.2, -0.15) is 0 Å². The van der Waals surface area contributed by atoms with E-state index in [2.05, 4.69) is 16.3 Å². The fourth-order valence-corrected chi connectivity index (χ4v) is 6.69. The van der Waals surface area contributed by atoms with Gasteiger partial charge in [0.1, 0.15) is 6.61 Å². The minimum Gasteiger partial charge on any atom is -0.458 e. The maximum absolute atomic E-state index is 13.5. The Kier molecular flexibility index (Phi) is 7.28. The molecule has 10 nitrogen and oxygen atoms in total. The fourth-order valence-electron chi connectivity index (χ4n) is 5.54. The van der Waals surface area contributed by atoms with Crippen molar-refractivity contribution in [1.29, 1.82) is 0 Å². The van der Waals surface area contributed by atoms with Gasteiger partial charge in [-0.25, -0.2) is 9.78 Å². The average molecular weight is 555 g/mol. The van der Waals surface area contributed by atoms with E-state index in [4.69, 9.17) is 14.2 Å². The summed E-state index contributed by atoms with van der Waals surface area (Å²) in [6.45, 7) is 6.95. The first-order valence-electron chi connectivity index (χ1n) is 13.2. The van der Waals surface area contributed by atoms with E-state index in [9.17, 15) is 19.3 Å². The summed E-state index contributed by atoms with van der Waals surface area (Å²) in [5.74, 6) is -0.735. The lowest BCUT2D eigenvalue weighted by atomic mass is 9.86. The summed E-state index contributed by atoms with van der Waals surface area (Å²) in [6.07, 6.45) is 0.379. The highest BCUT2D eigenvalue weighted by atomic mass is 31.2. The number of carbonyl (C=O) groups is 1. The average Bonchev–Trinajstić information content (AvgIpc) is 3.24. The number of hydrogen-bond acceptors (Lipinski definition) is 9. The van der Waals surface area contributed by atoms with Crippen molar-refractivity contribution in [1.82, 2.24) is 19.8 Å². The van der Waals surface area contributed by atoms with Crippen LogP contribution >= 0.6 is 7.37 Å². The van der Waals surface area contributed by atoms with Gasteiger partial charge in [0.2, 0.25) is 7.37 Å². The molecule has 0 radical (unpaired) electrons. The molecule has 0 saturated heterocycles. The number of esters is 1. The van der Waals surface area contributed by atoms with Gasteiger partial charge in [-0.1, -0.05) is 13.0 Å². The molecule has 0 bridgehead atoms. The number of nitrogens with one attached hydrogen (secondary N) is 1. The molecule has 3 aromatic rings. The molecule has 0 fully saturated rings. The molecule has 2 N–H and O–H groups in total. The molecule has 11 heteroatoms.